The number of hydrogen-bond donors (Lipinski definition) is 0. The lowest BCUT2D eigenvalue weighted by Crippen LogP contribution is -2.53. The Morgan fingerprint density at radius 1 is 1.47 bits per heavy atom. The van der Waals surface area contributed by atoms with Gasteiger partial charge in [-0.1, -0.05) is 12.2 Å². The van der Waals surface area contributed by atoms with Crippen molar-refractivity contribution in [1.29, 1.82) is 0 Å². The van der Waals surface area contributed by atoms with Gasteiger partial charge in [0.2, 0.25) is 5.91 Å². The molecule has 17 heavy (non-hydrogen) atoms. The van der Waals surface area contributed by atoms with Crippen LogP contribution in [0, 0.1) is 5.41 Å². The second kappa shape index (κ2) is 3.12. The van der Waals surface area contributed by atoms with E-state index in [0.29, 0.717) is 26.0 Å². The molecule has 1 saturated carbocycles. The van der Waals surface area contributed by atoms with E-state index in [0.717, 1.165) is 18.4 Å². The van der Waals surface area contributed by atoms with Crippen molar-refractivity contribution in [3.63, 3.8) is 0 Å². The Morgan fingerprint density at radius 2 is 2.18 bits per heavy atom. The van der Waals surface area contributed by atoms with Crippen molar-refractivity contribution in [2.24, 2.45) is 5.41 Å². The maximum atomic E-state index is 12.3. The number of esters is 1. The molecule has 3 rings (SSSR count). The molecule has 0 aromatic carbocycles. The molecule has 1 aliphatic carbocycles. The number of amides is 1. The fraction of sp³-hybridized carbons (Fsp3) is 0.692. The number of carbonyl (C=O) groups is 2. The third-order valence-corrected chi connectivity index (χ3v) is 4.48. The van der Waals surface area contributed by atoms with Gasteiger partial charge in [-0.3, -0.25) is 4.79 Å². The van der Waals surface area contributed by atoms with E-state index in [1.54, 1.807) is 11.8 Å². The van der Waals surface area contributed by atoms with Crippen LogP contribution in [0.25, 0.3) is 0 Å². The number of nitrogens with zero attached hydrogens (tertiary/aromatic N) is 1. The summed E-state index contributed by atoms with van der Waals surface area (Å²) in [5.41, 5.74) is 0.116. The van der Waals surface area contributed by atoms with Crippen LogP contribution in [0.4, 0.5) is 0 Å². The molecule has 3 fully saturated rings. The van der Waals surface area contributed by atoms with E-state index in [1.807, 2.05) is 0 Å². The standard InChI is InChI=1S/C13H17NO3/c1-3-17-11(16)13-6-9(2)8-14(13)10(15)7-12(13)4-5-12/h2-8H2,1H3/t13-/m0/s1. The van der Waals surface area contributed by atoms with Crippen molar-refractivity contribution in [2.45, 2.75) is 38.1 Å². The molecule has 2 aliphatic heterocycles. The van der Waals surface area contributed by atoms with Crippen molar-refractivity contribution in [3.05, 3.63) is 12.2 Å². The molecule has 0 aromatic rings. The largest absolute Gasteiger partial charge is 0.464 e. The molecule has 2 saturated heterocycles. The van der Waals surface area contributed by atoms with Gasteiger partial charge in [-0.2, -0.15) is 0 Å². The lowest BCUT2D eigenvalue weighted by Gasteiger charge is -2.34. The Morgan fingerprint density at radius 3 is 2.76 bits per heavy atom. The van der Waals surface area contributed by atoms with E-state index < -0.39 is 5.54 Å². The minimum Gasteiger partial charge on any atom is -0.464 e. The Hall–Kier alpha value is -1.32. The van der Waals surface area contributed by atoms with Crippen LogP contribution in [-0.2, 0) is 14.3 Å². The summed E-state index contributed by atoms with van der Waals surface area (Å²) in [6.07, 6.45) is 3.03. The number of hydrogen-bond acceptors (Lipinski definition) is 3. The molecule has 0 N–H and O–H groups in total. The zero-order valence-corrected chi connectivity index (χ0v) is 10.1. The van der Waals surface area contributed by atoms with Crippen LogP contribution in [0.2, 0.25) is 0 Å². The second-order valence-corrected chi connectivity index (χ2v) is 5.44. The first-order valence-corrected chi connectivity index (χ1v) is 6.20. The van der Waals surface area contributed by atoms with E-state index in [-0.39, 0.29) is 17.3 Å². The molecule has 4 nitrogen and oxygen atoms in total. The average Bonchev–Trinajstić information content (AvgIpc) is 2.89. The van der Waals surface area contributed by atoms with Gasteiger partial charge < -0.3 is 9.64 Å². The minimum atomic E-state index is -0.711. The third-order valence-electron chi connectivity index (χ3n) is 4.48. The van der Waals surface area contributed by atoms with Crippen LogP contribution in [0.1, 0.15) is 32.6 Å². The smallest absolute Gasteiger partial charge is 0.333 e. The molecule has 2 heterocycles. The summed E-state index contributed by atoms with van der Waals surface area (Å²) in [7, 11) is 0. The van der Waals surface area contributed by atoms with Crippen molar-refractivity contribution in [3.8, 4) is 0 Å². The molecule has 1 amide bonds. The van der Waals surface area contributed by atoms with Crippen molar-refractivity contribution < 1.29 is 14.3 Å². The predicted molar refractivity (Wildman–Crippen MR) is 61.1 cm³/mol. The highest BCUT2D eigenvalue weighted by Gasteiger charge is 2.74. The normalized spacial score (nSPS) is 33.1. The fourth-order valence-electron chi connectivity index (χ4n) is 3.57. The molecule has 0 unspecified atom stereocenters. The highest BCUT2D eigenvalue weighted by atomic mass is 16.5. The predicted octanol–water partition coefficient (Wildman–Crippen LogP) is 1.26. The van der Waals surface area contributed by atoms with Crippen LogP contribution in [0.5, 0.6) is 0 Å². The summed E-state index contributed by atoms with van der Waals surface area (Å²) in [4.78, 5) is 26.1. The summed E-state index contributed by atoms with van der Waals surface area (Å²) in [5, 5.41) is 0. The highest BCUT2D eigenvalue weighted by Crippen LogP contribution is 2.67. The summed E-state index contributed by atoms with van der Waals surface area (Å²) < 4.78 is 5.23. The van der Waals surface area contributed by atoms with Crippen molar-refractivity contribution in [1.82, 2.24) is 4.90 Å². The molecular formula is C13H17NO3. The van der Waals surface area contributed by atoms with Gasteiger partial charge in [-0.05, 0) is 19.8 Å². The minimum absolute atomic E-state index is 0.0919. The molecule has 3 aliphatic rings. The lowest BCUT2D eigenvalue weighted by atomic mass is 9.79. The zero-order chi connectivity index (χ0) is 12.3. The van der Waals surface area contributed by atoms with Crippen molar-refractivity contribution in [2.75, 3.05) is 13.2 Å². The topological polar surface area (TPSA) is 46.6 Å². The molecule has 1 atom stereocenters. The van der Waals surface area contributed by atoms with Gasteiger partial charge in [0.05, 0.1) is 6.61 Å². The van der Waals surface area contributed by atoms with Gasteiger partial charge in [0.15, 0.2) is 5.54 Å². The number of ether oxygens (including phenoxy) is 1. The molecule has 1 spiro atoms. The van der Waals surface area contributed by atoms with E-state index in [4.69, 9.17) is 4.74 Å². The van der Waals surface area contributed by atoms with E-state index in [9.17, 15) is 9.59 Å². The maximum Gasteiger partial charge on any atom is 0.333 e. The second-order valence-electron chi connectivity index (χ2n) is 5.44. The molecule has 0 aromatic heterocycles. The van der Waals surface area contributed by atoms with Crippen LogP contribution >= 0.6 is 0 Å². The lowest BCUT2D eigenvalue weighted by molar-refractivity contribution is -0.160. The zero-order valence-electron chi connectivity index (χ0n) is 10.1. The number of carbonyl (C=O) groups excluding carboxylic acids is 2. The van der Waals surface area contributed by atoms with E-state index in [1.165, 1.54) is 0 Å². The first kappa shape index (κ1) is 10.8. The Kier molecular flexibility index (Phi) is 1.98. The monoisotopic (exact) mass is 235 g/mol. The van der Waals surface area contributed by atoms with E-state index >= 15 is 0 Å². The van der Waals surface area contributed by atoms with Gasteiger partial charge in [0.25, 0.3) is 0 Å². The van der Waals surface area contributed by atoms with Crippen molar-refractivity contribution >= 4 is 11.9 Å². The first-order chi connectivity index (χ1) is 8.06. The Balaban J connectivity index is 2.05. The van der Waals surface area contributed by atoms with Gasteiger partial charge in [0, 0.05) is 24.8 Å². The molecule has 0 bridgehead atoms. The van der Waals surface area contributed by atoms with Gasteiger partial charge in [-0.25, -0.2) is 4.79 Å². The van der Waals surface area contributed by atoms with Crippen LogP contribution in [0.15, 0.2) is 12.2 Å². The molecule has 0 radical (unpaired) electrons. The quantitative estimate of drug-likeness (QED) is 0.534. The van der Waals surface area contributed by atoms with Gasteiger partial charge >= 0.3 is 5.97 Å². The Bertz CT molecular complexity index is 424. The molecular weight excluding hydrogens is 218 g/mol. The summed E-state index contributed by atoms with van der Waals surface area (Å²) in [6.45, 7) is 6.65. The SMILES string of the molecule is C=C1CN2C(=O)CC3(CC3)[C@@]2(C(=O)OCC)C1. The third kappa shape index (κ3) is 1.13. The van der Waals surface area contributed by atoms with E-state index in [2.05, 4.69) is 6.58 Å². The maximum absolute atomic E-state index is 12.3. The first-order valence-electron chi connectivity index (χ1n) is 6.20. The summed E-state index contributed by atoms with van der Waals surface area (Å²) in [6, 6.07) is 0. The highest BCUT2D eigenvalue weighted by molar-refractivity contribution is 5.96. The molecule has 92 valence electrons. The van der Waals surface area contributed by atoms with Crippen LogP contribution < -0.4 is 0 Å². The van der Waals surface area contributed by atoms with Gasteiger partial charge in [-0.15, -0.1) is 0 Å². The number of fused-ring (bicyclic) bond motifs is 2. The summed E-state index contributed by atoms with van der Waals surface area (Å²) in [5.74, 6) is -0.129. The van der Waals surface area contributed by atoms with Crippen LogP contribution in [-0.4, -0.2) is 35.5 Å². The Labute approximate surface area is 101 Å². The van der Waals surface area contributed by atoms with Crippen LogP contribution in [0.3, 0.4) is 0 Å². The van der Waals surface area contributed by atoms with Gasteiger partial charge in [0.1, 0.15) is 0 Å². The average molecular weight is 235 g/mol. The molecule has 4 heteroatoms. The summed E-state index contributed by atoms with van der Waals surface area (Å²) >= 11 is 0. The number of rotatable bonds is 2. The fourth-order valence-corrected chi connectivity index (χ4v) is 3.57.